The Morgan fingerprint density at radius 2 is 1.88 bits per heavy atom. The molecule has 132 valence electrons. The molecule has 0 atom stereocenters. The second-order valence-corrected chi connectivity index (χ2v) is 7.94. The van der Waals surface area contributed by atoms with E-state index in [4.69, 9.17) is 4.98 Å². The van der Waals surface area contributed by atoms with Crippen LogP contribution in [-0.2, 0) is 13.6 Å². The molecule has 0 bridgehead atoms. The molecule has 0 radical (unpaired) electrons. The third-order valence-corrected chi connectivity index (χ3v) is 4.51. The molecule has 1 aromatic carbocycles. The summed E-state index contributed by atoms with van der Waals surface area (Å²) in [5.41, 5.74) is 4.41. The minimum Gasteiger partial charge on any atom is -0.290 e. The van der Waals surface area contributed by atoms with Crippen molar-refractivity contribution in [3.8, 4) is 11.3 Å². The van der Waals surface area contributed by atoms with Gasteiger partial charge >= 0.3 is 5.69 Å². The molecule has 0 aliphatic rings. The monoisotopic (exact) mass is 346 g/mol. The number of rotatable bonds is 2. The summed E-state index contributed by atoms with van der Waals surface area (Å²) in [5.74, 6) is 0. The predicted molar refractivity (Wildman–Crippen MR) is 105 cm³/mol. The Labute approximate surface area is 151 Å². The maximum Gasteiger partial charge on any atom is 0.330 e. The maximum absolute atomic E-state index is 12.7. The lowest BCUT2D eigenvalue weighted by Crippen LogP contribution is -2.27. The van der Waals surface area contributed by atoms with Gasteiger partial charge in [-0.1, -0.05) is 32.9 Å². The number of imidazole rings is 1. The van der Waals surface area contributed by atoms with Gasteiger partial charge in [0.1, 0.15) is 0 Å². The highest BCUT2D eigenvalue weighted by Gasteiger charge is 2.18. The van der Waals surface area contributed by atoms with Crippen LogP contribution in [0, 0.1) is 5.41 Å². The Balaban J connectivity index is 1.87. The average molecular weight is 346 g/mol. The smallest absolute Gasteiger partial charge is 0.290 e. The summed E-state index contributed by atoms with van der Waals surface area (Å²) in [6.45, 7) is 7.04. The van der Waals surface area contributed by atoms with E-state index in [0.29, 0.717) is 12.2 Å². The molecule has 0 saturated heterocycles. The Kier molecular flexibility index (Phi) is 3.68. The second kappa shape index (κ2) is 5.80. The normalized spacial score (nSPS) is 12.2. The first kappa shape index (κ1) is 16.5. The lowest BCUT2D eigenvalue weighted by Gasteiger charge is -2.18. The molecule has 26 heavy (non-hydrogen) atoms. The molecule has 0 aliphatic heterocycles. The third-order valence-electron chi connectivity index (χ3n) is 4.51. The average Bonchev–Trinajstić information content (AvgIpc) is 2.84. The van der Waals surface area contributed by atoms with E-state index in [-0.39, 0.29) is 11.1 Å². The quantitative estimate of drug-likeness (QED) is 0.551. The zero-order valence-corrected chi connectivity index (χ0v) is 15.5. The van der Waals surface area contributed by atoms with Crippen LogP contribution < -0.4 is 5.69 Å². The molecule has 3 aromatic heterocycles. The predicted octanol–water partition coefficient (Wildman–Crippen LogP) is 4.00. The van der Waals surface area contributed by atoms with E-state index in [9.17, 15) is 4.79 Å². The molecular weight excluding hydrogens is 324 g/mol. The van der Waals surface area contributed by atoms with E-state index in [1.807, 2.05) is 41.0 Å². The van der Waals surface area contributed by atoms with E-state index in [2.05, 4.69) is 31.8 Å². The molecule has 0 N–H and O–H groups in total. The topological polar surface area (TPSA) is 52.7 Å². The molecule has 0 fully saturated rings. The van der Waals surface area contributed by atoms with Gasteiger partial charge in [-0.2, -0.15) is 0 Å². The molecule has 0 spiro atoms. The zero-order valence-electron chi connectivity index (χ0n) is 15.5. The number of fused-ring (bicyclic) bond motifs is 2. The highest BCUT2D eigenvalue weighted by Crippen LogP contribution is 2.25. The van der Waals surface area contributed by atoms with Crippen molar-refractivity contribution in [2.24, 2.45) is 12.5 Å². The van der Waals surface area contributed by atoms with Gasteiger partial charge in [0, 0.05) is 30.7 Å². The van der Waals surface area contributed by atoms with Crippen LogP contribution in [0.15, 0.2) is 53.5 Å². The number of aromatic nitrogens is 4. The minimum atomic E-state index is -0.0257. The highest BCUT2D eigenvalue weighted by atomic mass is 16.1. The molecule has 4 aromatic rings. The minimum absolute atomic E-state index is 0.0160. The summed E-state index contributed by atoms with van der Waals surface area (Å²) in [4.78, 5) is 21.8. The fourth-order valence-electron chi connectivity index (χ4n) is 3.30. The summed E-state index contributed by atoms with van der Waals surface area (Å²) >= 11 is 0. The maximum atomic E-state index is 12.7. The standard InChI is InChI=1S/C21H22N4O/c1-21(2,3)13-25-18-10-9-17(23-19(18)24(4)20(25)26)15-7-8-16-14(12-15)6-5-11-22-16/h5-12H,13H2,1-4H3. The highest BCUT2D eigenvalue weighted by molar-refractivity contribution is 5.85. The summed E-state index contributed by atoms with van der Waals surface area (Å²) in [6.07, 6.45) is 1.79. The Morgan fingerprint density at radius 3 is 2.65 bits per heavy atom. The van der Waals surface area contributed by atoms with Gasteiger partial charge in [0.05, 0.1) is 16.7 Å². The van der Waals surface area contributed by atoms with Gasteiger partial charge in [-0.25, -0.2) is 9.78 Å². The van der Waals surface area contributed by atoms with E-state index < -0.39 is 0 Å². The fraction of sp³-hybridized carbons (Fsp3) is 0.286. The second-order valence-electron chi connectivity index (χ2n) is 7.94. The summed E-state index contributed by atoms with van der Waals surface area (Å²) in [7, 11) is 1.78. The van der Waals surface area contributed by atoms with Crippen molar-refractivity contribution in [2.75, 3.05) is 0 Å². The largest absolute Gasteiger partial charge is 0.330 e. The van der Waals surface area contributed by atoms with Gasteiger partial charge in [-0.15, -0.1) is 0 Å². The molecule has 0 unspecified atom stereocenters. The molecular formula is C21H22N4O. The van der Waals surface area contributed by atoms with Crippen LogP contribution in [0.25, 0.3) is 33.3 Å². The van der Waals surface area contributed by atoms with Crippen molar-refractivity contribution in [3.05, 3.63) is 59.1 Å². The molecule has 5 nitrogen and oxygen atoms in total. The van der Waals surface area contributed by atoms with Crippen LogP contribution in [0.3, 0.4) is 0 Å². The Morgan fingerprint density at radius 1 is 1.08 bits per heavy atom. The molecule has 0 saturated carbocycles. The van der Waals surface area contributed by atoms with E-state index in [1.54, 1.807) is 17.8 Å². The number of hydrogen-bond donors (Lipinski definition) is 0. The number of hydrogen-bond acceptors (Lipinski definition) is 3. The molecule has 0 amide bonds. The van der Waals surface area contributed by atoms with Crippen LogP contribution >= 0.6 is 0 Å². The first-order valence-electron chi connectivity index (χ1n) is 8.75. The first-order valence-corrected chi connectivity index (χ1v) is 8.75. The van der Waals surface area contributed by atoms with Crippen LogP contribution in [-0.4, -0.2) is 19.1 Å². The summed E-state index contributed by atoms with van der Waals surface area (Å²) in [5, 5.41) is 1.08. The van der Waals surface area contributed by atoms with Gasteiger partial charge in [0.2, 0.25) is 0 Å². The third kappa shape index (κ3) is 2.79. The summed E-state index contributed by atoms with van der Waals surface area (Å²) < 4.78 is 3.45. The SMILES string of the molecule is Cn1c(=O)n(CC(C)(C)C)c2ccc(-c3ccc4ncccc4c3)nc21. The van der Waals surface area contributed by atoms with Gasteiger partial charge in [0.25, 0.3) is 0 Å². The van der Waals surface area contributed by atoms with Crippen LogP contribution in [0.5, 0.6) is 0 Å². The van der Waals surface area contributed by atoms with Gasteiger partial charge in [0.15, 0.2) is 5.65 Å². The van der Waals surface area contributed by atoms with Crippen LogP contribution in [0.4, 0.5) is 0 Å². The van der Waals surface area contributed by atoms with Crippen molar-refractivity contribution < 1.29 is 0 Å². The molecule has 3 heterocycles. The lowest BCUT2D eigenvalue weighted by molar-refractivity contribution is 0.342. The Hall–Kier alpha value is -2.95. The lowest BCUT2D eigenvalue weighted by atomic mass is 9.97. The van der Waals surface area contributed by atoms with Crippen LogP contribution in [0.1, 0.15) is 20.8 Å². The molecule has 0 aliphatic carbocycles. The Bertz CT molecular complexity index is 1180. The van der Waals surface area contributed by atoms with E-state index in [1.165, 1.54) is 0 Å². The van der Waals surface area contributed by atoms with Crippen molar-refractivity contribution in [3.63, 3.8) is 0 Å². The van der Waals surface area contributed by atoms with Crippen molar-refractivity contribution in [2.45, 2.75) is 27.3 Å². The van der Waals surface area contributed by atoms with Crippen molar-refractivity contribution in [1.29, 1.82) is 0 Å². The number of benzene rings is 1. The molecule has 4 rings (SSSR count). The number of aryl methyl sites for hydroxylation is 1. The zero-order chi connectivity index (χ0) is 18.5. The van der Waals surface area contributed by atoms with Gasteiger partial charge in [-0.05, 0) is 35.7 Å². The number of pyridine rings is 2. The number of nitrogens with zero attached hydrogens (tertiary/aromatic N) is 4. The van der Waals surface area contributed by atoms with Crippen molar-refractivity contribution >= 4 is 22.1 Å². The van der Waals surface area contributed by atoms with E-state index >= 15 is 0 Å². The fourth-order valence-corrected chi connectivity index (χ4v) is 3.30. The summed E-state index contributed by atoms with van der Waals surface area (Å²) in [6, 6.07) is 14.1. The van der Waals surface area contributed by atoms with Gasteiger partial charge < -0.3 is 0 Å². The first-order chi connectivity index (χ1) is 12.3. The van der Waals surface area contributed by atoms with Crippen LogP contribution in [0.2, 0.25) is 0 Å². The van der Waals surface area contributed by atoms with E-state index in [0.717, 1.165) is 27.7 Å². The van der Waals surface area contributed by atoms with Crippen molar-refractivity contribution in [1.82, 2.24) is 19.1 Å². The molecule has 5 heteroatoms. The van der Waals surface area contributed by atoms with Gasteiger partial charge in [-0.3, -0.25) is 14.1 Å².